The van der Waals surface area contributed by atoms with E-state index >= 15 is 0 Å². The highest BCUT2D eigenvalue weighted by atomic mass is 35.5. The number of amides is 1. The van der Waals surface area contributed by atoms with Gasteiger partial charge >= 0.3 is 0 Å². The van der Waals surface area contributed by atoms with E-state index in [2.05, 4.69) is 20.1 Å². The Kier molecular flexibility index (Phi) is 7.06. The average Bonchev–Trinajstić information content (AvgIpc) is 3.39. The van der Waals surface area contributed by atoms with Crippen molar-refractivity contribution < 1.29 is 13.2 Å². The van der Waals surface area contributed by atoms with E-state index in [4.69, 9.17) is 11.6 Å². The summed E-state index contributed by atoms with van der Waals surface area (Å²) in [6, 6.07) is 20.5. The maximum Gasteiger partial charge on any atom is 0.251 e. The van der Waals surface area contributed by atoms with Crippen molar-refractivity contribution in [1.29, 1.82) is 0 Å². The quantitative estimate of drug-likeness (QED) is 0.385. The maximum absolute atomic E-state index is 12.9. The molecule has 0 radical (unpaired) electrons. The molecule has 0 fully saturated rings. The zero-order valence-corrected chi connectivity index (χ0v) is 19.8. The molecule has 0 spiro atoms. The Morgan fingerprint density at radius 2 is 1.79 bits per heavy atom. The molecule has 1 heterocycles. The topological polar surface area (TPSA) is 106 Å². The van der Waals surface area contributed by atoms with Crippen LogP contribution >= 0.6 is 11.6 Å². The number of benzene rings is 3. The minimum Gasteiger partial charge on any atom is -0.346 e. The summed E-state index contributed by atoms with van der Waals surface area (Å²) >= 11 is 6.16. The number of nitrogens with one attached hydrogen (secondary N) is 2. The van der Waals surface area contributed by atoms with Gasteiger partial charge in [0.15, 0.2) is 0 Å². The fraction of sp³-hybridized carbons (Fsp3) is 0.125. The molecular weight excluding hydrogens is 474 g/mol. The Balaban J connectivity index is 1.46. The summed E-state index contributed by atoms with van der Waals surface area (Å²) in [6.07, 6.45) is 3.05. The van der Waals surface area contributed by atoms with Gasteiger partial charge in [0.1, 0.15) is 17.6 Å². The first kappa shape index (κ1) is 23.6. The average molecular weight is 496 g/mol. The second-order valence-corrected chi connectivity index (χ2v) is 9.72. The first-order valence-electron chi connectivity index (χ1n) is 10.4. The Labute approximate surface area is 202 Å². The van der Waals surface area contributed by atoms with Gasteiger partial charge in [-0.2, -0.15) is 5.10 Å². The lowest BCUT2D eigenvalue weighted by Gasteiger charge is -2.16. The summed E-state index contributed by atoms with van der Waals surface area (Å²) < 4.78 is 29.8. The van der Waals surface area contributed by atoms with Crippen LogP contribution in [0.25, 0.3) is 5.69 Å². The number of hydrogen-bond acceptors (Lipinski definition) is 5. The van der Waals surface area contributed by atoms with E-state index in [0.717, 1.165) is 16.8 Å². The molecule has 0 bridgehead atoms. The van der Waals surface area contributed by atoms with Crippen molar-refractivity contribution >= 4 is 27.5 Å². The molecule has 4 aromatic rings. The third kappa shape index (κ3) is 5.51. The van der Waals surface area contributed by atoms with Crippen LogP contribution in [0.4, 0.5) is 0 Å². The Hall–Kier alpha value is -3.53. The minimum absolute atomic E-state index is 0.0360. The van der Waals surface area contributed by atoms with Crippen LogP contribution in [0, 0.1) is 0 Å². The molecule has 2 N–H and O–H groups in total. The number of hydrogen-bond donors (Lipinski definition) is 2. The monoisotopic (exact) mass is 495 g/mol. The predicted molar refractivity (Wildman–Crippen MR) is 129 cm³/mol. The second-order valence-electron chi connectivity index (χ2n) is 7.58. The molecule has 0 saturated carbocycles. The highest BCUT2D eigenvalue weighted by molar-refractivity contribution is 7.89. The van der Waals surface area contributed by atoms with Crippen molar-refractivity contribution in [2.75, 3.05) is 0 Å². The van der Waals surface area contributed by atoms with Crippen LogP contribution in [-0.4, -0.2) is 29.1 Å². The fourth-order valence-corrected chi connectivity index (χ4v) is 4.86. The molecule has 1 aromatic heterocycles. The van der Waals surface area contributed by atoms with Gasteiger partial charge in [-0.05, 0) is 48.4 Å². The summed E-state index contributed by atoms with van der Waals surface area (Å²) in [6.45, 7) is 1.95. The van der Waals surface area contributed by atoms with Crippen LogP contribution < -0.4 is 10.0 Å². The van der Waals surface area contributed by atoms with Gasteiger partial charge in [-0.15, -0.1) is 0 Å². The zero-order valence-electron chi connectivity index (χ0n) is 18.2. The lowest BCUT2D eigenvalue weighted by Crippen LogP contribution is -2.28. The van der Waals surface area contributed by atoms with Gasteiger partial charge < -0.3 is 5.32 Å². The van der Waals surface area contributed by atoms with Gasteiger partial charge in [-0.3, -0.25) is 4.79 Å². The van der Waals surface area contributed by atoms with Gasteiger partial charge in [0.25, 0.3) is 5.91 Å². The summed E-state index contributed by atoms with van der Waals surface area (Å²) in [5.41, 5.74) is 2.72. The molecule has 0 aliphatic rings. The summed E-state index contributed by atoms with van der Waals surface area (Å²) in [4.78, 5) is 16.6. The lowest BCUT2D eigenvalue weighted by atomic mass is 10.1. The van der Waals surface area contributed by atoms with Gasteiger partial charge in [-0.1, -0.05) is 54.1 Å². The van der Waals surface area contributed by atoms with Crippen LogP contribution in [0.2, 0.25) is 5.02 Å². The largest absolute Gasteiger partial charge is 0.346 e. The number of halogens is 1. The molecule has 3 aromatic carbocycles. The SMILES string of the molecule is C[C@@H](NC(=O)c1ccc(Cl)c(S(=O)(=O)NCc2ccccc2)c1)c1ccc(-n2cncn2)cc1. The number of carbonyl (C=O) groups is 1. The molecule has 8 nitrogen and oxygen atoms in total. The normalized spacial score (nSPS) is 12.3. The highest BCUT2D eigenvalue weighted by Gasteiger charge is 2.21. The molecular formula is C24H22ClN5O3S. The van der Waals surface area contributed by atoms with E-state index < -0.39 is 15.9 Å². The standard InChI is InChI=1S/C24H22ClN5O3S/c1-17(19-7-10-21(11-8-19)30-16-26-15-27-30)29-24(31)20-9-12-22(25)23(13-20)34(32,33)28-14-18-5-3-2-4-6-18/h2-13,15-17,28H,14H2,1H3,(H,29,31)/t17-/m1/s1. The molecule has 0 saturated heterocycles. The van der Waals surface area contributed by atoms with Gasteiger partial charge in [-0.25, -0.2) is 22.8 Å². The van der Waals surface area contributed by atoms with Gasteiger partial charge in [0.05, 0.1) is 16.8 Å². The summed E-state index contributed by atoms with van der Waals surface area (Å²) in [5.74, 6) is -0.413. The van der Waals surface area contributed by atoms with Crippen molar-refractivity contribution in [3.8, 4) is 5.69 Å². The molecule has 1 amide bonds. The molecule has 34 heavy (non-hydrogen) atoms. The number of sulfonamides is 1. The highest BCUT2D eigenvalue weighted by Crippen LogP contribution is 2.24. The number of aromatic nitrogens is 3. The van der Waals surface area contributed by atoms with E-state index in [1.807, 2.05) is 61.5 Å². The molecule has 4 rings (SSSR count). The summed E-state index contributed by atoms with van der Waals surface area (Å²) in [5, 5.41) is 7.01. The molecule has 0 unspecified atom stereocenters. The Morgan fingerprint density at radius 3 is 2.47 bits per heavy atom. The molecule has 0 aliphatic heterocycles. The summed E-state index contributed by atoms with van der Waals surface area (Å²) in [7, 11) is -3.93. The van der Waals surface area contributed by atoms with E-state index in [1.54, 1.807) is 11.0 Å². The maximum atomic E-state index is 12.9. The minimum atomic E-state index is -3.93. The molecule has 174 valence electrons. The Morgan fingerprint density at radius 1 is 1.06 bits per heavy atom. The number of rotatable bonds is 8. The van der Waals surface area contributed by atoms with E-state index in [9.17, 15) is 13.2 Å². The first-order chi connectivity index (χ1) is 16.3. The van der Waals surface area contributed by atoms with Crippen molar-refractivity contribution in [3.63, 3.8) is 0 Å². The molecule has 10 heteroatoms. The van der Waals surface area contributed by atoms with E-state index in [-0.39, 0.29) is 28.1 Å². The van der Waals surface area contributed by atoms with E-state index in [0.29, 0.717) is 0 Å². The van der Waals surface area contributed by atoms with Gasteiger partial charge in [0.2, 0.25) is 10.0 Å². The lowest BCUT2D eigenvalue weighted by molar-refractivity contribution is 0.0939. The third-order valence-corrected chi connectivity index (χ3v) is 7.10. The van der Waals surface area contributed by atoms with Crippen LogP contribution in [0.5, 0.6) is 0 Å². The van der Waals surface area contributed by atoms with Crippen LogP contribution in [0.1, 0.15) is 34.5 Å². The number of carbonyl (C=O) groups excluding carboxylic acids is 1. The van der Waals surface area contributed by atoms with Gasteiger partial charge in [0, 0.05) is 12.1 Å². The molecule has 0 aliphatic carbocycles. The van der Waals surface area contributed by atoms with Crippen molar-refractivity contribution in [3.05, 3.63) is 107 Å². The van der Waals surface area contributed by atoms with Crippen LogP contribution in [-0.2, 0) is 16.6 Å². The fourth-order valence-electron chi connectivity index (χ4n) is 3.32. The van der Waals surface area contributed by atoms with Crippen molar-refractivity contribution in [1.82, 2.24) is 24.8 Å². The van der Waals surface area contributed by atoms with Crippen LogP contribution in [0.3, 0.4) is 0 Å². The smallest absolute Gasteiger partial charge is 0.251 e. The Bertz CT molecular complexity index is 1380. The molecule has 1 atom stereocenters. The van der Waals surface area contributed by atoms with E-state index in [1.165, 1.54) is 24.5 Å². The van der Waals surface area contributed by atoms with Crippen molar-refractivity contribution in [2.45, 2.75) is 24.4 Å². The number of nitrogens with zero attached hydrogens (tertiary/aromatic N) is 3. The predicted octanol–water partition coefficient (Wildman–Crippen LogP) is 3.89. The zero-order chi connectivity index (χ0) is 24.1. The first-order valence-corrected chi connectivity index (χ1v) is 12.3. The second kappa shape index (κ2) is 10.2. The third-order valence-electron chi connectivity index (χ3n) is 5.22. The van der Waals surface area contributed by atoms with Crippen LogP contribution in [0.15, 0.2) is 90.3 Å². The van der Waals surface area contributed by atoms with Crippen molar-refractivity contribution in [2.24, 2.45) is 0 Å².